The molecule has 0 radical (unpaired) electrons. The quantitative estimate of drug-likeness (QED) is 0.0308. The monoisotopic (exact) mass is 1030 g/mol. The number of amides is 9. The summed E-state index contributed by atoms with van der Waals surface area (Å²) in [5.74, 6) is -2.04. The summed E-state index contributed by atoms with van der Waals surface area (Å²) in [6.07, 6.45) is 11.3. The van der Waals surface area contributed by atoms with Gasteiger partial charge in [-0.25, -0.2) is 9.78 Å². The maximum absolute atomic E-state index is 13.7. The molecule has 1 spiro atoms. The van der Waals surface area contributed by atoms with Gasteiger partial charge in [-0.05, 0) is 116 Å². The van der Waals surface area contributed by atoms with E-state index in [2.05, 4.69) is 50.6 Å². The molecule has 1 saturated heterocycles. The molecule has 3 aliphatic rings. The van der Waals surface area contributed by atoms with Crippen molar-refractivity contribution in [3.63, 3.8) is 0 Å². The predicted molar refractivity (Wildman–Crippen MR) is 282 cm³/mol. The van der Waals surface area contributed by atoms with Crippen LogP contribution in [-0.4, -0.2) is 113 Å². The number of hydrogen-bond acceptors (Lipinski definition) is 12. The molecule has 7 rings (SSSR count). The van der Waals surface area contributed by atoms with E-state index in [4.69, 9.17) is 10.6 Å². The van der Waals surface area contributed by atoms with Crippen molar-refractivity contribution < 1.29 is 43.2 Å². The van der Waals surface area contributed by atoms with E-state index in [-0.39, 0.29) is 68.0 Å². The normalized spacial score (nSPS) is 16.1. The standard InChI is InChI=1S/C54H66N10O9S/c1-34(2)48(60-44(65)14-6-5-9-26-64-46(67)21-22-47(64)68)51(70)59-41(12-10-25-56-53(55)72)50(69)58-39-18-15-36(16-19-39)33-73-63-27-23-54(24-28-63)30-38-29-37(31-57-49(38)61-52(54)71)17-20-45(66)62(4)32-43-35(3)40-11-7-8-13-42(40)74-43/h7-8,11,13,15-22,29,31,34,41,48H,5-6,9-10,12,14,23-28,30,32-33H2,1-4H3,(H,58,69)(H,59,70)(H,60,65)(H3,55,56,72)(H,57,61,71)/b20-17+/t41-,48-/m0/s1. The Morgan fingerprint density at radius 3 is 2.38 bits per heavy atom. The number of benzene rings is 2. The zero-order valence-electron chi connectivity index (χ0n) is 42.4. The molecule has 2 aromatic carbocycles. The van der Waals surface area contributed by atoms with E-state index in [9.17, 15) is 38.4 Å². The molecule has 74 heavy (non-hydrogen) atoms. The molecule has 20 heteroatoms. The van der Waals surface area contributed by atoms with E-state index in [0.29, 0.717) is 76.1 Å². The lowest BCUT2D eigenvalue weighted by Crippen LogP contribution is -2.54. The largest absolute Gasteiger partial charge is 0.352 e. The predicted octanol–water partition coefficient (Wildman–Crippen LogP) is 5.48. The molecule has 4 aromatic rings. The first kappa shape index (κ1) is 54.5. The Bertz CT molecular complexity index is 2780. The molecule has 9 amide bonds. The van der Waals surface area contributed by atoms with Crippen LogP contribution in [0.5, 0.6) is 0 Å². The number of carbonyl (C=O) groups excluding carboxylic acids is 8. The third-order valence-electron chi connectivity index (χ3n) is 13.7. The van der Waals surface area contributed by atoms with Crippen LogP contribution >= 0.6 is 11.3 Å². The second kappa shape index (κ2) is 25.1. The van der Waals surface area contributed by atoms with Crippen LogP contribution in [0.3, 0.4) is 0 Å². The summed E-state index contributed by atoms with van der Waals surface area (Å²) >= 11 is 1.70. The van der Waals surface area contributed by atoms with Crippen molar-refractivity contribution in [2.75, 3.05) is 43.9 Å². The Hall–Kier alpha value is -7.29. The Kier molecular flexibility index (Phi) is 18.5. The zero-order chi connectivity index (χ0) is 52.9. The van der Waals surface area contributed by atoms with Crippen molar-refractivity contribution in [2.45, 2.75) is 104 Å². The number of hydroxylamine groups is 2. The number of rotatable bonds is 23. The number of nitrogens with one attached hydrogen (secondary N) is 5. The molecule has 7 N–H and O–H groups in total. The third-order valence-corrected chi connectivity index (χ3v) is 15.0. The topological polar surface area (TPSA) is 255 Å². The molecule has 2 atom stereocenters. The molecule has 0 bridgehead atoms. The van der Waals surface area contributed by atoms with E-state index in [0.717, 1.165) is 26.5 Å². The number of pyridine rings is 1. The van der Waals surface area contributed by atoms with Crippen molar-refractivity contribution in [3.8, 4) is 0 Å². The van der Waals surface area contributed by atoms with Crippen molar-refractivity contribution in [1.82, 2.24) is 35.8 Å². The molecule has 5 heterocycles. The number of anilines is 2. The second-order valence-corrected chi connectivity index (χ2v) is 20.6. The Balaban J connectivity index is 0.863. The van der Waals surface area contributed by atoms with Gasteiger partial charge in [0.15, 0.2) is 0 Å². The van der Waals surface area contributed by atoms with Crippen LogP contribution < -0.4 is 32.3 Å². The van der Waals surface area contributed by atoms with Crippen LogP contribution in [0.4, 0.5) is 16.3 Å². The van der Waals surface area contributed by atoms with Crippen LogP contribution in [-0.2, 0) is 58.0 Å². The highest BCUT2D eigenvalue weighted by atomic mass is 32.1. The molecule has 2 aromatic heterocycles. The number of primary amides is 1. The maximum atomic E-state index is 13.7. The molecule has 0 saturated carbocycles. The first-order valence-corrected chi connectivity index (χ1v) is 25.9. The highest BCUT2D eigenvalue weighted by molar-refractivity contribution is 7.19. The number of nitrogens with two attached hydrogens (primary N) is 1. The lowest BCUT2D eigenvalue weighted by atomic mass is 9.71. The average molecular weight is 1030 g/mol. The number of hydrogen-bond donors (Lipinski definition) is 6. The highest BCUT2D eigenvalue weighted by Crippen LogP contribution is 2.41. The highest BCUT2D eigenvalue weighted by Gasteiger charge is 2.45. The van der Waals surface area contributed by atoms with E-state index < -0.39 is 35.3 Å². The summed E-state index contributed by atoms with van der Waals surface area (Å²) in [7, 11) is 1.80. The number of fused-ring (bicyclic) bond motifs is 2. The first-order chi connectivity index (χ1) is 35.5. The number of carbonyl (C=O) groups is 8. The number of thiophene rings is 1. The SMILES string of the molecule is Cc1c(CN(C)C(=O)/C=C/c2cnc3c(c2)CC2(CCN(OCc4ccc(NC(=O)[C@H](CCCNC(N)=O)NC(=O)[C@@H](NC(=O)CCCCCN5C(=O)C=CC5=O)C(C)C)cc4)CC2)C(=O)N3)sc2ccccc12. The van der Waals surface area contributed by atoms with Gasteiger partial charge in [-0.2, -0.15) is 5.06 Å². The fraction of sp³-hybridized carbons (Fsp3) is 0.426. The number of urea groups is 1. The molecule has 0 aliphatic carbocycles. The smallest absolute Gasteiger partial charge is 0.312 e. The van der Waals surface area contributed by atoms with Gasteiger partial charge in [0.25, 0.3) is 11.8 Å². The Morgan fingerprint density at radius 1 is 0.946 bits per heavy atom. The number of imide groups is 1. The number of aromatic nitrogens is 1. The van der Waals surface area contributed by atoms with Gasteiger partial charge in [0.2, 0.25) is 29.5 Å². The van der Waals surface area contributed by atoms with Crippen molar-refractivity contribution in [1.29, 1.82) is 0 Å². The molecule has 0 unspecified atom stereocenters. The molecule has 3 aliphatic heterocycles. The number of likely N-dealkylation sites (N-methyl/N-ethyl adjacent to an activating group) is 1. The molecular weight excluding hydrogens is 965 g/mol. The lowest BCUT2D eigenvalue weighted by molar-refractivity contribution is -0.193. The fourth-order valence-electron chi connectivity index (χ4n) is 9.26. The van der Waals surface area contributed by atoms with Crippen LogP contribution in [0, 0.1) is 18.3 Å². The van der Waals surface area contributed by atoms with Crippen LogP contribution in [0.25, 0.3) is 16.2 Å². The van der Waals surface area contributed by atoms with Crippen molar-refractivity contribution in [3.05, 3.63) is 106 Å². The van der Waals surface area contributed by atoms with Crippen molar-refractivity contribution >= 4 is 86.4 Å². The lowest BCUT2D eigenvalue weighted by Gasteiger charge is -2.42. The van der Waals surface area contributed by atoms with Gasteiger partial charge in [-0.3, -0.25) is 43.3 Å². The third kappa shape index (κ3) is 14.3. The summed E-state index contributed by atoms with van der Waals surface area (Å²) in [5.41, 5.74) is 8.79. The van der Waals surface area contributed by atoms with E-state index in [1.54, 1.807) is 67.6 Å². The van der Waals surface area contributed by atoms with Gasteiger partial charge in [0, 0.05) is 79.3 Å². The average Bonchev–Trinajstić information content (AvgIpc) is 3.87. The van der Waals surface area contributed by atoms with E-state index >= 15 is 0 Å². The van der Waals surface area contributed by atoms with E-state index in [1.165, 1.54) is 27.8 Å². The molecule has 19 nitrogen and oxygen atoms in total. The molecule has 1 fully saturated rings. The Labute approximate surface area is 434 Å². The number of nitrogens with zero attached hydrogens (tertiary/aromatic N) is 4. The van der Waals surface area contributed by atoms with Gasteiger partial charge >= 0.3 is 6.03 Å². The summed E-state index contributed by atoms with van der Waals surface area (Å²) in [5, 5.41) is 17.0. The van der Waals surface area contributed by atoms with Crippen LogP contribution in [0.2, 0.25) is 0 Å². The summed E-state index contributed by atoms with van der Waals surface area (Å²) in [4.78, 5) is 117. The molecule has 392 valence electrons. The maximum Gasteiger partial charge on any atom is 0.312 e. The van der Waals surface area contributed by atoms with Crippen molar-refractivity contribution in [2.24, 2.45) is 17.1 Å². The number of aryl methyl sites for hydroxylation is 1. The van der Waals surface area contributed by atoms with Crippen LogP contribution in [0.1, 0.15) is 92.3 Å². The van der Waals surface area contributed by atoms with Gasteiger partial charge in [-0.1, -0.05) is 50.6 Å². The summed E-state index contributed by atoms with van der Waals surface area (Å²) in [6.45, 7) is 7.91. The first-order valence-electron chi connectivity index (χ1n) is 25.1. The van der Waals surface area contributed by atoms with Gasteiger partial charge in [0.05, 0.1) is 18.6 Å². The fourth-order valence-corrected chi connectivity index (χ4v) is 10.5. The van der Waals surface area contributed by atoms with E-state index in [1.807, 2.05) is 35.4 Å². The second-order valence-electron chi connectivity index (χ2n) is 19.5. The minimum absolute atomic E-state index is 0.0616. The van der Waals surface area contributed by atoms with Gasteiger partial charge in [0.1, 0.15) is 17.9 Å². The summed E-state index contributed by atoms with van der Waals surface area (Å²) in [6, 6.07) is 14.7. The Morgan fingerprint density at radius 2 is 1.68 bits per heavy atom. The minimum Gasteiger partial charge on any atom is -0.352 e. The molecular formula is C54H66N10O9S. The number of unbranched alkanes of at least 4 members (excludes halogenated alkanes) is 2. The minimum atomic E-state index is -1.02. The van der Waals surface area contributed by atoms with Gasteiger partial charge < -0.3 is 37.2 Å². The zero-order valence-corrected chi connectivity index (χ0v) is 43.2. The summed E-state index contributed by atoms with van der Waals surface area (Å²) < 4.78 is 1.20. The van der Waals surface area contributed by atoms with Gasteiger partial charge in [-0.15, -0.1) is 11.3 Å². The van der Waals surface area contributed by atoms with Crippen LogP contribution in [0.15, 0.2) is 79.0 Å². The number of piperidine rings is 1.